The number of nitrogens with zero attached hydrogens (tertiary/aromatic N) is 5. The van der Waals surface area contributed by atoms with Gasteiger partial charge in [0.15, 0.2) is 0 Å². The minimum Gasteiger partial charge on any atom is -0.384 e. The molecule has 2 saturated heterocycles. The van der Waals surface area contributed by atoms with Crippen LogP contribution in [0.4, 0.5) is 11.4 Å². The Bertz CT molecular complexity index is 2120. The molecule has 3 aliphatic heterocycles. The second-order valence-electron chi connectivity index (χ2n) is 14.4. The van der Waals surface area contributed by atoms with Crippen LogP contribution in [0.1, 0.15) is 78.5 Å². The highest BCUT2D eigenvalue weighted by atomic mass is 35.5. The number of pyridine rings is 1. The molecule has 2 aromatic heterocycles. The molecule has 8 rings (SSSR count). The molecule has 2 N–H and O–H groups in total. The van der Waals surface area contributed by atoms with E-state index in [-0.39, 0.29) is 29.4 Å². The lowest BCUT2D eigenvalue weighted by atomic mass is 9.76. The number of unbranched alkanes of at least 4 members (excludes halogenated alkanes) is 1. The van der Waals surface area contributed by atoms with Crippen LogP contribution < -0.4 is 15.5 Å². The molecule has 1 unspecified atom stereocenters. The van der Waals surface area contributed by atoms with E-state index in [4.69, 9.17) is 11.6 Å². The fourth-order valence-corrected chi connectivity index (χ4v) is 8.68. The van der Waals surface area contributed by atoms with Crippen LogP contribution in [0.2, 0.25) is 5.02 Å². The molecule has 1 spiro atoms. The van der Waals surface area contributed by atoms with E-state index in [0.717, 1.165) is 84.5 Å². The highest BCUT2D eigenvalue weighted by Gasteiger charge is 2.46. The number of carbonyl (C=O) groups is 5. The third-order valence-corrected chi connectivity index (χ3v) is 11.6. The Morgan fingerprint density at radius 3 is 2.40 bits per heavy atom. The van der Waals surface area contributed by atoms with Crippen molar-refractivity contribution in [3.05, 3.63) is 83.4 Å². The van der Waals surface area contributed by atoms with Gasteiger partial charge in [0.25, 0.3) is 11.8 Å². The van der Waals surface area contributed by atoms with Gasteiger partial charge in [0.2, 0.25) is 11.8 Å². The van der Waals surface area contributed by atoms with Gasteiger partial charge in [0.05, 0.1) is 28.0 Å². The van der Waals surface area contributed by atoms with Crippen LogP contribution in [0.25, 0.3) is 22.3 Å². The Balaban J connectivity index is 0.859. The molecular formula is C40H40ClN7O5. The summed E-state index contributed by atoms with van der Waals surface area (Å²) in [5, 5.41) is 10.7. The first kappa shape index (κ1) is 34.7. The van der Waals surface area contributed by atoms with Gasteiger partial charge in [-0.25, -0.2) is 0 Å². The van der Waals surface area contributed by atoms with Gasteiger partial charge < -0.3 is 10.2 Å². The quantitative estimate of drug-likeness (QED) is 0.150. The number of ketones is 1. The number of aryl methyl sites for hydroxylation is 1. The molecule has 13 heteroatoms. The number of fused-ring (bicyclic) bond motifs is 1. The Morgan fingerprint density at radius 2 is 1.64 bits per heavy atom. The second kappa shape index (κ2) is 14.2. The summed E-state index contributed by atoms with van der Waals surface area (Å²) in [4.78, 5) is 70.8. The van der Waals surface area contributed by atoms with Crippen LogP contribution in [0, 0.1) is 5.41 Å². The van der Waals surface area contributed by atoms with Crippen molar-refractivity contribution in [1.82, 2.24) is 25.0 Å². The third kappa shape index (κ3) is 6.49. The molecule has 272 valence electrons. The van der Waals surface area contributed by atoms with Gasteiger partial charge in [0, 0.05) is 79.8 Å². The topological polar surface area (TPSA) is 147 Å². The van der Waals surface area contributed by atoms with Gasteiger partial charge in [-0.1, -0.05) is 41.9 Å². The zero-order chi connectivity index (χ0) is 36.7. The lowest BCUT2D eigenvalue weighted by Gasteiger charge is -2.40. The molecule has 1 atom stereocenters. The highest BCUT2D eigenvalue weighted by molar-refractivity contribution is 6.34. The van der Waals surface area contributed by atoms with Gasteiger partial charge in [-0.15, -0.1) is 0 Å². The van der Waals surface area contributed by atoms with Gasteiger partial charge in [0.1, 0.15) is 11.8 Å². The van der Waals surface area contributed by atoms with Crippen LogP contribution in [0.5, 0.6) is 0 Å². The van der Waals surface area contributed by atoms with Crippen LogP contribution in [-0.4, -0.2) is 74.8 Å². The summed E-state index contributed by atoms with van der Waals surface area (Å²) in [6.45, 7) is 2.88. The number of anilines is 2. The third-order valence-electron chi connectivity index (χ3n) is 11.3. The van der Waals surface area contributed by atoms with E-state index in [1.165, 1.54) is 0 Å². The Labute approximate surface area is 311 Å². The summed E-state index contributed by atoms with van der Waals surface area (Å²) in [5.41, 5.74) is 5.94. The average molecular weight is 734 g/mol. The van der Waals surface area contributed by atoms with Gasteiger partial charge in [-0.3, -0.25) is 43.9 Å². The maximum atomic E-state index is 13.4. The Kier molecular flexibility index (Phi) is 9.32. The Hall–Kier alpha value is -5.36. The number of hydrogen-bond donors (Lipinski definition) is 2. The molecule has 5 heterocycles. The molecule has 53 heavy (non-hydrogen) atoms. The number of imide groups is 2. The SMILES string of the molecule is O=C1CCC(N2C(=O)c3cccc(NCCCCn4cc(-c5ccc(-c6cncc(Cl)c6N6CCC7(CCCC7=O)CC6)cc5)cn4)c3C2=O)C(=O)N1. The van der Waals surface area contributed by atoms with E-state index in [1.807, 2.05) is 23.3 Å². The van der Waals surface area contributed by atoms with Crippen molar-refractivity contribution >= 4 is 52.4 Å². The van der Waals surface area contributed by atoms with Crippen LogP contribution in [-0.2, 0) is 20.9 Å². The van der Waals surface area contributed by atoms with E-state index in [2.05, 4.69) is 49.9 Å². The molecule has 1 saturated carbocycles. The number of rotatable bonds is 10. The number of piperidine rings is 2. The van der Waals surface area contributed by atoms with E-state index in [9.17, 15) is 24.0 Å². The number of amides is 4. The van der Waals surface area contributed by atoms with Crippen molar-refractivity contribution in [2.75, 3.05) is 29.9 Å². The normalized spacial score (nSPS) is 19.6. The predicted octanol–water partition coefficient (Wildman–Crippen LogP) is 5.90. The molecule has 4 aliphatic rings. The second-order valence-corrected chi connectivity index (χ2v) is 14.8. The van der Waals surface area contributed by atoms with Crippen LogP contribution in [0.3, 0.4) is 0 Å². The molecular weight excluding hydrogens is 694 g/mol. The van der Waals surface area contributed by atoms with Crippen molar-refractivity contribution in [2.45, 2.75) is 70.4 Å². The van der Waals surface area contributed by atoms with Gasteiger partial charge >= 0.3 is 0 Å². The number of Topliss-reactive ketones (excluding diaryl/α,β-unsaturated/α-hetero) is 1. The molecule has 0 radical (unpaired) electrons. The zero-order valence-corrected chi connectivity index (χ0v) is 30.0. The smallest absolute Gasteiger partial charge is 0.264 e. The number of nitrogens with one attached hydrogen (secondary N) is 2. The first-order valence-electron chi connectivity index (χ1n) is 18.4. The lowest BCUT2D eigenvalue weighted by molar-refractivity contribution is -0.136. The maximum absolute atomic E-state index is 13.4. The van der Waals surface area contributed by atoms with E-state index >= 15 is 0 Å². The highest BCUT2D eigenvalue weighted by Crippen LogP contribution is 2.46. The summed E-state index contributed by atoms with van der Waals surface area (Å²) in [6.07, 6.45) is 13.7. The molecule has 3 fully saturated rings. The van der Waals surface area contributed by atoms with E-state index in [1.54, 1.807) is 24.4 Å². The summed E-state index contributed by atoms with van der Waals surface area (Å²) in [7, 11) is 0. The molecule has 12 nitrogen and oxygen atoms in total. The Morgan fingerprint density at radius 1 is 0.849 bits per heavy atom. The van der Waals surface area contributed by atoms with Crippen molar-refractivity contribution in [3.8, 4) is 22.3 Å². The van der Waals surface area contributed by atoms with Crippen molar-refractivity contribution in [2.24, 2.45) is 5.41 Å². The van der Waals surface area contributed by atoms with Crippen molar-refractivity contribution in [3.63, 3.8) is 0 Å². The molecule has 2 aromatic carbocycles. The minimum atomic E-state index is -0.999. The molecule has 4 aromatic rings. The molecule has 4 amide bonds. The lowest BCUT2D eigenvalue weighted by Crippen LogP contribution is -2.54. The van der Waals surface area contributed by atoms with Crippen molar-refractivity contribution < 1.29 is 24.0 Å². The first-order valence-corrected chi connectivity index (χ1v) is 18.7. The average Bonchev–Trinajstić information content (AvgIpc) is 3.85. The molecule has 0 bridgehead atoms. The first-order chi connectivity index (χ1) is 25.7. The number of aromatic nitrogens is 3. The standard InChI is InChI=1S/C40H40ClN7O5/c41-30-23-42-22-29(36(30)46-19-15-40(16-20-46)14-4-7-33(40)49)26-10-8-25(9-11-26)27-21-44-47(24-27)18-2-1-17-43-31-6-3-5-28-35(31)39(53)48(38(28)52)32-12-13-34(50)45-37(32)51/h3,5-6,8-11,21-24,32,43H,1-2,4,7,12-20H2,(H,45,50,51). The molecule has 1 aliphatic carbocycles. The van der Waals surface area contributed by atoms with Crippen molar-refractivity contribution in [1.29, 1.82) is 0 Å². The summed E-state index contributed by atoms with van der Waals surface area (Å²) in [6, 6.07) is 12.4. The van der Waals surface area contributed by atoms with E-state index < -0.39 is 29.7 Å². The number of carbonyl (C=O) groups excluding carboxylic acids is 5. The number of hydrogen-bond acceptors (Lipinski definition) is 9. The van der Waals surface area contributed by atoms with Crippen LogP contribution >= 0.6 is 11.6 Å². The van der Waals surface area contributed by atoms with E-state index in [0.29, 0.717) is 36.0 Å². The maximum Gasteiger partial charge on any atom is 0.264 e. The largest absolute Gasteiger partial charge is 0.384 e. The summed E-state index contributed by atoms with van der Waals surface area (Å²) < 4.78 is 1.92. The summed E-state index contributed by atoms with van der Waals surface area (Å²) in [5.74, 6) is -1.65. The minimum absolute atomic E-state index is 0.0765. The fourth-order valence-electron chi connectivity index (χ4n) is 8.40. The van der Waals surface area contributed by atoms with Gasteiger partial charge in [-0.05, 0) is 68.2 Å². The summed E-state index contributed by atoms with van der Waals surface area (Å²) >= 11 is 6.75. The van der Waals surface area contributed by atoms with Crippen LogP contribution in [0.15, 0.2) is 67.3 Å². The number of halogens is 1. The predicted molar refractivity (Wildman–Crippen MR) is 199 cm³/mol. The number of benzene rings is 2. The van der Waals surface area contributed by atoms with Gasteiger partial charge in [-0.2, -0.15) is 5.10 Å². The zero-order valence-electron chi connectivity index (χ0n) is 29.3. The monoisotopic (exact) mass is 733 g/mol. The fraction of sp³-hybridized carbons (Fsp3) is 0.375.